The minimum Gasteiger partial charge on any atom is -0.295 e. The van der Waals surface area contributed by atoms with E-state index >= 15 is 0 Å². The van der Waals surface area contributed by atoms with Crippen molar-refractivity contribution in [2.75, 3.05) is 17.1 Å². The fraction of sp³-hybridized carbons (Fsp3) is 0.455. The summed E-state index contributed by atoms with van der Waals surface area (Å²) >= 11 is 0. The van der Waals surface area contributed by atoms with E-state index in [9.17, 15) is 13.2 Å². The molecule has 1 unspecified atom stereocenters. The number of nitrogens with zero attached hydrogens (tertiary/aromatic N) is 3. The van der Waals surface area contributed by atoms with Crippen LogP contribution < -0.4 is 15.6 Å². The minimum absolute atomic E-state index is 0.0183. The van der Waals surface area contributed by atoms with E-state index in [1.807, 2.05) is 12.1 Å². The number of carbonyl (C=O) groups is 1. The summed E-state index contributed by atoms with van der Waals surface area (Å²) in [4.78, 5) is 18.2. The van der Waals surface area contributed by atoms with Gasteiger partial charge in [-0.05, 0) is 55.6 Å². The Kier molecular flexibility index (Phi) is 6.98. The minimum atomic E-state index is -3.55. The summed E-state index contributed by atoms with van der Waals surface area (Å²) in [7, 11) is -1.47. The van der Waals surface area contributed by atoms with E-state index < -0.39 is 15.9 Å². The molecule has 8 nitrogen and oxygen atoms in total. The number of nitrogens with one attached hydrogen (secondary N) is 1. The number of nitrogens with two attached hydrogens (primary N) is 1. The first-order chi connectivity index (χ1) is 14.7. The van der Waals surface area contributed by atoms with Crippen LogP contribution in [-0.4, -0.2) is 37.0 Å². The molecule has 0 bridgehead atoms. The Hall–Kier alpha value is -2.49. The number of nitrogen functional groups attached to an aromatic ring is 1. The number of benzene rings is 1. The topological polar surface area (TPSA) is 109 Å². The van der Waals surface area contributed by atoms with E-state index in [4.69, 9.17) is 5.84 Å². The van der Waals surface area contributed by atoms with Gasteiger partial charge in [0.2, 0.25) is 10.0 Å². The normalized spacial score (nSPS) is 16.4. The number of pyridine rings is 1. The van der Waals surface area contributed by atoms with Crippen molar-refractivity contribution in [1.29, 1.82) is 0 Å². The predicted molar refractivity (Wildman–Crippen MR) is 122 cm³/mol. The lowest BCUT2D eigenvalue weighted by Gasteiger charge is -2.26. The highest BCUT2D eigenvalue weighted by molar-refractivity contribution is 7.92. The number of hydrogen-bond donors (Lipinski definition) is 2. The van der Waals surface area contributed by atoms with E-state index in [1.54, 1.807) is 19.1 Å². The molecule has 3 rings (SSSR count). The van der Waals surface area contributed by atoms with E-state index in [0.717, 1.165) is 12.0 Å². The van der Waals surface area contributed by atoms with E-state index in [-0.39, 0.29) is 18.3 Å². The molecule has 1 aromatic heterocycles. The first kappa shape index (κ1) is 23.2. The van der Waals surface area contributed by atoms with Crippen molar-refractivity contribution in [3.05, 3.63) is 58.9 Å². The van der Waals surface area contributed by atoms with Crippen molar-refractivity contribution in [3.63, 3.8) is 0 Å². The highest BCUT2D eigenvalue weighted by Gasteiger charge is 2.33. The lowest BCUT2D eigenvalue weighted by atomic mass is 9.96. The molecule has 0 fully saturated rings. The van der Waals surface area contributed by atoms with Crippen LogP contribution >= 0.6 is 0 Å². The second kappa shape index (κ2) is 9.33. The molecule has 0 saturated carbocycles. The number of fused-ring (bicyclic) bond motifs is 1. The number of hydrazine groups is 1. The standard InChI is InChI=1S/C22H31N5O3S/c1-5-31(29,30)27(13-17-10-9-16(12-24-17)22(28)25-23)20-8-6-7-18-19(20)14-26(4)21(18)11-15(2)3/h6-10,12,15,21H,5,11,13-14,23H2,1-4H3,(H,25,28). The van der Waals surface area contributed by atoms with Crippen LogP contribution in [0.5, 0.6) is 0 Å². The van der Waals surface area contributed by atoms with Gasteiger partial charge in [0, 0.05) is 18.8 Å². The highest BCUT2D eigenvalue weighted by Crippen LogP contribution is 2.41. The van der Waals surface area contributed by atoms with Crippen LogP contribution in [0.1, 0.15) is 60.4 Å². The number of anilines is 1. The second-order valence-corrected chi connectivity index (χ2v) is 10.5. The maximum Gasteiger partial charge on any atom is 0.266 e. The number of aromatic nitrogens is 1. The van der Waals surface area contributed by atoms with Crippen molar-refractivity contribution >= 4 is 21.6 Å². The van der Waals surface area contributed by atoms with Crippen LogP contribution in [0, 0.1) is 5.92 Å². The summed E-state index contributed by atoms with van der Waals surface area (Å²) in [6, 6.07) is 9.41. The van der Waals surface area contributed by atoms with Crippen molar-refractivity contribution in [1.82, 2.24) is 15.3 Å². The molecule has 9 heteroatoms. The summed E-state index contributed by atoms with van der Waals surface area (Å²) < 4.78 is 27.6. The Morgan fingerprint density at radius 2 is 2.06 bits per heavy atom. The summed E-state index contributed by atoms with van der Waals surface area (Å²) in [6.07, 6.45) is 2.41. The van der Waals surface area contributed by atoms with Gasteiger partial charge in [0.15, 0.2) is 0 Å². The van der Waals surface area contributed by atoms with Gasteiger partial charge < -0.3 is 0 Å². The fourth-order valence-electron chi connectivity index (χ4n) is 4.03. The molecule has 1 aromatic carbocycles. The summed E-state index contributed by atoms with van der Waals surface area (Å²) in [6.45, 7) is 6.83. The van der Waals surface area contributed by atoms with Crippen LogP contribution in [0.4, 0.5) is 5.69 Å². The lowest BCUT2D eigenvalue weighted by molar-refractivity contribution is 0.0953. The van der Waals surface area contributed by atoms with Gasteiger partial charge in [-0.15, -0.1) is 0 Å². The number of hydrogen-bond acceptors (Lipinski definition) is 6. The van der Waals surface area contributed by atoms with E-state index in [0.29, 0.717) is 29.4 Å². The van der Waals surface area contributed by atoms with Crippen molar-refractivity contribution < 1.29 is 13.2 Å². The maximum atomic E-state index is 13.1. The molecule has 0 spiro atoms. The van der Waals surface area contributed by atoms with Crippen LogP contribution in [0.25, 0.3) is 0 Å². The average Bonchev–Trinajstić information content (AvgIpc) is 3.06. The third-order valence-corrected chi connectivity index (χ3v) is 7.40. The third-order valence-electron chi connectivity index (χ3n) is 5.67. The van der Waals surface area contributed by atoms with Gasteiger partial charge >= 0.3 is 0 Å². The molecule has 1 aliphatic rings. The maximum absolute atomic E-state index is 13.1. The van der Waals surface area contributed by atoms with Gasteiger partial charge in [-0.1, -0.05) is 26.0 Å². The lowest BCUT2D eigenvalue weighted by Crippen LogP contribution is -2.33. The molecule has 3 N–H and O–H groups in total. The van der Waals surface area contributed by atoms with Crippen LogP contribution in [-0.2, 0) is 23.1 Å². The summed E-state index contributed by atoms with van der Waals surface area (Å²) in [5, 5.41) is 0. The Bertz CT molecular complexity index is 1040. The Balaban J connectivity index is 2.00. The monoisotopic (exact) mass is 445 g/mol. The molecule has 168 valence electrons. The van der Waals surface area contributed by atoms with Gasteiger partial charge in [-0.2, -0.15) is 0 Å². The molecular formula is C22H31N5O3S. The largest absolute Gasteiger partial charge is 0.295 e. The zero-order chi connectivity index (χ0) is 22.8. The molecule has 2 heterocycles. The zero-order valence-corrected chi connectivity index (χ0v) is 19.3. The van der Waals surface area contributed by atoms with Crippen molar-refractivity contribution in [2.24, 2.45) is 11.8 Å². The SMILES string of the molecule is CCS(=O)(=O)N(Cc1ccc(C(=O)NN)cn1)c1cccc2c1CN(C)C2CC(C)C. The van der Waals surface area contributed by atoms with E-state index in [1.165, 1.54) is 16.1 Å². The number of sulfonamides is 1. The number of carbonyl (C=O) groups excluding carboxylic acids is 1. The van der Waals surface area contributed by atoms with Crippen LogP contribution in [0.3, 0.4) is 0 Å². The fourth-order valence-corrected chi connectivity index (χ4v) is 5.14. The second-order valence-electron chi connectivity index (χ2n) is 8.32. The summed E-state index contributed by atoms with van der Waals surface area (Å²) in [5.74, 6) is 5.23. The zero-order valence-electron chi connectivity index (χ0n) is 18.5. The predicted octanol–water partition coefficient (Wildman–Crippen LogP) is 2.57. The molecular weight excluding hydrogens is 414 g/mol. The van der Waals surface area contributed by atoms with Gasteiger partial charge in [0.05, 0.1) is 29.2 Å². The van der Waals surface area contributed by atoms with Crippen LogP contribution in [0.15, 0.2) is 36.5 Å². The molecule has 1 amide bonds. The number of rotatable bonds is 8. The van der Waals surface area contributed by atoms with Crippen LogP contribution in [0.2, 0.25) is 0 Å². The molecule has 31 heavy (non-hydrogen) atoms. The third kappa shape index (κ3) is 4.89. The van der Waals surface area contributed by atoms with Gasteiger partial charge in [-0.25, -0.2) is 14.3 Å². The molecule has 1 aliphatic heterocycles. The smallest absolute Gasteiger partial charge is 0.266 e. The van der Waals surface area contributed by atoms with Gasteiger partial charge in [0.1, 0.15) is 0 Å². The highest BCUT2D eigenvalue weighted by atomic mass is 32.2. The molecule has 0 radical (unpaired) electrons. The number of amides is 1. The van der Waals surface area contributed by atoms with Crippen molar-refractivity contribution in [2.45, 2.75) is 46.3 Å². The average molecular weight is 446 g/mol. The van der Waals surface area contributed by atoms with Gasteiger partial charge in [0.25, 0.3) is 5.91 Å². The first-order valence-corrected chi connectivity index (χ1v) is 12.1. The Morgan fingerprint density at radius 1 is 1.32 bits per heavy atom. The molecule has 1 atom stereocenters. The summed E-state index contributed by atoms with van der Waals surface area (Å²) in [5.41, 5.74) is 5.86. The first-order valence-electron chi connectivity index (χ1n) is 10.5. The molecule has 0 saturated heterocycles. The quantitative estimate of drug-likeness (QED) is 0.367. The van der Waals surface area contributed by atoms with E-state index in [2.05, 4.69) is 42.3 Å². The van der Waals surface area contributed by atoms with Crippen molar-refractivity contribution in [3.8, 4) is 0 Å². The van der Waals surface area contributed by atoms with Gasteiger partial charge in [-0.3, -0.25) is 24.4 Å². The Morgan fingerprint density at radius 3 is 2.65 bits per heavy atom. The molecule has 2 aromatic rings. The molecule has 0 aliphatic carbocycles. The Labute approximate surface area is 184 Å².